The Bertz CT molecular complexity index is 114. The van der Waals surface area contributed by atoms with Gasteiger partial charge in [-0.25, -0.2) is 0 Å². The monoisotopic (exact) mass is 126 g/mol. The highest BCUT2D eigenvalue weighted by atomic mass is 14.9. The van der Waals surface area contributed by atoms with E-state index >= 15 is 0 Å². The van der Waals surface area contributed by atoms with E-state index in [1.165, 1.54) is 0 Å². The Morgan fingerprint density at radius 3 is 2.56 bits per heavy atom. The summed E-state index contributed by atoms with van der Waals surface area (Å²) < 4.78 is 0. The molecule has 0 bridgehead atoms. The van der Waals surface area contributed by atoms with E-state index in [-0.39, 0.29) is 0 Å². The third kappa shape index (κ3) is 4.94. The maximum atomic E-state index is 2.99. The third-order valence-corrected chi connectivity index (χ3v) is 0.957. The molecule has 0 aliphatic rings. The highest BCUT2D eigenvalue weighted by Crippen LogP contribution is 1.78. The molecule has 0 radical (unpaired) electrons. The van der Waals surface area contributed by atoms with Gasteiger partial charge in [-0.15, -0.1) is 0 Å². The fourth-order valence-electron chi connectivity index (χ4n) is 0.342. The van der Waals surface area contributed by atoms with Gasteiger partial charge in [0.15, 0.2) is 0 Å². The average Bonchev–Trinajstić information content (AvgIpc) is 1.89. The minimum Gasteiger partial charge on any atom is -0.390 e. The second-order valence-electron chi connectivity index (χ2n) is 1.74. The Hall–Kier alpha value is -0.920. The van der Waals surface area contributed by atoms with Gasteiger partial charge in [0, 0.05) is 18.9 Å². The Balaban J connectivity index is 3.43. The molecule has 0 aromatic heterocycles. The van der Waals surface area contributed by atoms with Gasteiger partial charge in [-0.3, -0.25) is 0 Å². The average molecular weight is 126 g/mol. The number of nitrogens with one attached hydrogen (secondary N) is 2. The van der Waals surface area contributed by atoms with Crippen molar-refractivity contribution in [3.8, 4) is 0 Å². The summed E-state index contributed by atoms with van der Waals surface area (Å²) in [5.41, 5.74) is 1.12. The summed E-state index contributed by atoms with van der Waals surface area (Å²) in [7, 11) is 1.89. The van der Waals surface area contributed by atoms with Gasteiger partial charge in [0.05, 0.1) is 0 Å². The Kier molecular flexibility index (Phi) is 4.69. The van der Waals surface area contributed by atoms with Crippen LogP contribution in [0.3, 0.4) is 0 Å². The van der Waals surface area contributed by atoms with Gasteiger partial charge in [-0.1, -0.05) is 6.08 Å². The normalized spacial score (nSPS) is 12.1. The first-order valence-electron chi connectivity index (χ1n) is 3.03. The van der Waals surface area contributed by atoms with Crippen LogP contribution in [0.15, 0.2) is 24.2 Å². The van der Waals surface area contributed by atoms with Gasteiger partial charge >= 0.3 is 0 Å². The molecule has 0 saturated carbocycles. The zero-order valence-electron chi connectivity index (χ0n) is 6.23. The molecule has 0 unspecified atom stereocenters. The fraction of sp³-hybridized carbons (Fsp3) is 0.429. The van der Waals surface area contributed by atoms with Crippen molar-refractivity contribution in [2.24, 2.45) is 0 Å². The summed E-state index contributed by atoms with van der Waals surface area (Å²) in [6.07, 6.45) is 5.72. The van der Waals surface area contributed by atoms with Crippen LogP contribution in [0.5, 0.6) is 0 Å². The van der Waals surface area contributed by atoms with Crippen LogP contribution in [0.4, 0.5) is 0 Å². The third-order valence-electron chi connectivity index (χ3n) is 0.957. The largest absolute Gasteiger partial charge is 0.390 e. The second-order valence-corrected chi connectivity index (χ2v) is 1.74. The molecule has 2 N–H and O–H groups in total. The van der Waals surface area contributed by atoms with Gasteiger partial charge in [-0.2, -0.15) is 0 Å². The van der Waals surface area contributed by atoms with Crippen LogP contribution >= 0.6 is 0 Å². The lowest BCUT2D eigenvalue weighted by atomic mass is 10.5. The van der Waals surface area contributed by atoms with Crippen molar-refractivity contribution in [2.45, 2.75) is 13.8 Å². The maximum absolute atomic E-state index is 2.99. The zero-order chi connectivity index (χ0) is 7.11. The first-order chi connectivity index (χ1) is 4.31. The quantitative estimate of drug-likeness (QED) is 0.593. The zero-order valence-corrected chi connectivity index (χ0v) is 6.23. The number of hydrogen-bond donors (Lipinski definition) is 2. The molecule has 52 valence electrons. The minimum atomic E-state index is 1.12. The number of rotatable bonds is 3. The van der Waals surface area contributed by atoms with Crippen LogP contribution in [0.25, 0.3) is 0 Å². The van der Waals surface area contributed by atoms with E-state index in [1.54, 1.807) is 0 Å². The lowest BCUT2D eigenvalue weighted by Gasteiger charge is -1.96. The molecular formula is C7H14N2. The molecule has 9 heavy (non-hydrogen) atoms. The molecule has 0 fully saturated rings. The molecule has 0 aliphatic carbocycles. The molecule has 0 aromatic carbocycles. The number of allylic oxidation sites excluding steroid dienone is 2. The molecule has 0 spiro atoms. The fourth-order valence-corrected chi connectivity index (χ4v) is 0.342. The molecule has 0 amide bonds. The van der Waals surface area contributed by atoms with E-state index in [0.717, 1.165) is 5.70 Å². The van der Waals surface area contributed by atoms with Gasteiger partial charge in [0.25, 0.3) is 0 Å². The van der Waals surface area contributed by atoms with Crippen LogP contribution in [0, 0.1) is 0 Å². The lowest BCUT2D eigenvalue weighted by Crippen LogP contribution is -2.05. The second kappa shape index (κ2) is 5.22. The Labute approximate surface area is 56.6 Å². The van der Waals surface area contributed by atoms with Gasteiger partial charge < -0.3 is 10.6 Å². The van der Waals surface area contributed by atoms with Crippen molar-refractivity contribution in [2.75, 3.05) is 7.05 Å². The highest BCUT2D eigenvalue weighted by Gasteiger charge is 1.74. The van der Waals surface area contributed by atoms with Crippen LogP contribution in [0.2, 0.25) is 0 Å². The van der Waals surface area contributed by atoms with E-state index in [1.807, 2.05) is 39.4 Å². The van der Waals surface area contributed by atoms with Gasteiger partial charge in [0.2, 0.25) is 0 Å². The number of hydrogen-bond acceptors (Lipinski definition) is 2. The Morgan fingerprint density at radius 2 is 2.11 bits per heavy atom. The van der Waals surface area contributed by atoms with Gasteiger partial charge in [0.1, 0.15) is 0 Å². The first-order valence-corrected chi connectivity index (χ1v) is 3.03. The summed E-state index contributed by atoms with van der Waals surface area (Å²) in [6, 6.07) is 0. The summed E-state index contributed by atoms with van der Waals surface area (Å²) in [6.45, 7) is 3.96. The molecule has 0 aliphatic heterocycles. The van der Waals surface area contributed by atoms with Crippen molar-refractivity contribution in [1.82, 2.24) is 10.6 Å². The molecule has 2 nitrogen and oxygen atoms in total. The molecule has 0 rings (SSSR count). The van der Waals surface area contributed by atoms with E-state index in [2.05, 4.69) is 10.6 Å². The summed E-state index contributed by atoms with van der Waals surface area (Å²) in [5, 5.41) is 5.97. The standard InChI is InChI=1S/C7H14N2/c1-4-5-9-6-7(2)8-3/h4-6,8-9H,1-3H3/b5-4?,7-6-. The molecule has 0 heterocycles. The van der Waals surface area contributed by atoms with Crippen molar-refractivity contribution in [3.05, 3.63) is 24.2 Å². The summed E-state index contributed by atoms with van der Waals surface area (Å²) in [4.78, 5) is 0. The van der Waals surface area contributed by atoms with Crippen LogP contribution in [-0.4, -0.2) is 7.05 Å². The SMILES string of the molecule is CC=CN/C=C(/C)NC. The Morgan fingerprint density at radius 1 is 1.44 bits per heavy atom. The van der Waals surface area contributed by atoms with E-state index in [4.69, 9.17) is 0 Å². The van der Waals surface area contributed by atoms with Crippen LogP contribution in [-0.2, 0) is 0 Å². The van der Waals surface area contributed by atoms with E-state index in [9.17, 15) is 0 Å². The molecular weight excluding hydrogens is 112 g/mol. The predicted octanol–water partition coefficient (Wildman–Crippen LogP) is 1.19. The maximum Gasteiger partial charge on any atom is 0.0235 e. The van der Waals surface area contributed by atoms with Crippen molar-refractivity contribution < 1.29 is 0 Å². The minimum absolute atomic E-state index is 1.12. The predicted molar refractivity (Wildman–Crippen MR) is 40.8 cm³/mol. The smallest absolute Gasteiger partial charge is 0.0235 e. The van der Waals surface area contributed by atoms with Crippen molar-refractivity contribution in [3.63, 3.8) is 0 Å². The molecule has 0 saturated heterocycles. The lowest BCUT2D eigenvalue weighted by molar-refractivity contribution is 0.958. The van der Waals surface area contributed by atoms with E-state index in [0.29, 0.717) is 0 Å². The van der Waals surface area contributed by atoms with Crippen LogP contribution in [0.1, 0.15) is 13.8 Å². The van der Waals surface area contributed by atoms with Crippen LogP contribution < -0.4 is 10.6 Å². The van der Waals surface area contributed by atoms with E-state index < -0.39 is 0 Å². The van der Waals surface area contributed by atoms with Crippen molar-refractivity contribution >= 4 is 0 Å². The van der Waals surface area contributed by atoms with Gasteiger partial charge in [-0.05, 0) is 20.0 Å². The molecule has 0 aromatic rings. The van der Waals surface area contributed by atoms with Crippen molar-refractivity contribution in [1.29, 1.82) is 0 Å². The highest BCUT2D eigenvalue weighted by molar-refractivity contribution is 4.95. The molecule has 0 atom stereocenters. The first kappa shape index (κ1) is 8.08. The summed E-state index contributed by atoms with van der Waals surface area (Å²) in [5.74, 6) is 0. The topological polar surface area (TPSA) is 24.1 Å². The summed E-state index contributed by atoms with van der Waals surface area (Å²) >= 11 is 0. The molecule has 2 heteroatoms.